The topological polar surface area (TPSA) is 84.5 Å². The molecule has 0 saturated carbocycles. The Morgan fingerprint density at radius 2 is 1.96 bits per heavy atom. The molecule has 8 heteroatoms. The third kappa shape index (κ3) is 5.93. The lowest BCUT2D eigenvalue weighted by Crippen LogP contribution is -2.27. The number of carbonyl (C=O) groups is 3. The highest BCUT2D eigenvalue weighted by Gasteiger charge is 2.10. The molecule has 0 fully saturated rings. The molecule has 1 aromatic carbocycles. The van der Waals surface area contributed by atoms with Crippen molar-refractivity contribution in [2.24, 2.45) is 0 Å². The summed E-state index contributed by atoms with van der Waals surface area (Å²) in [6.45, 7) is -0.200. The molecule has 1 aromatic heterocycles. The highest BCUT2D eigenvalue weighted by atomic mass is 127. The molecule has 0 aliphatic rings. The van der Waals surface area contributed by atoms with E-state index in [0.717, 1.165) is 3.57 Å². The van der Waals surface area contributed by atoms with Gasteiger partial charge in [-0.1, -0.05) is 12.1 Å². The zero-order chi connectivity index (χ0) is 17.4. The minimum absolute atomic E-state index is 0.00598. The Hall–Kier alpha value is -1.94. The first-order valence-electron chi connectivity index (χ1n) is 7.06. The number of hydrogen-bond donors (Lipinski definition) is 2. The number of halogens is 1. The van der Waals surface area contributed by atoms with E-state index in [-0.39, 0.29) is 25.5 Å². The first-order chi connectivity index (χ1) is 11.6. The van der Waals surface area contributed by atoms with Crippen molar-refractivity contribution in [2.75, 3.05) is 18.5 Å². The summed E-state index contributed by atoms with van der Waals surface area (Å²) in [7, 11) is 0. The van der Waals surface area contributed by atoms with Gasteiger partial charge in [0.1, 0.15) is 0 Å². The largest absolute Gasteiger partial charge is 0.456 e. The minimum Gasteiger partial charge on any atom is -0.456 e. The predicted molar refractivity (Wildman–Crippen MR) is 100 cm³/mol. The van der Waals surface area contributed by atoms with Crippen molar-refractivity contribution in [3.8, 4) is 0 Å². The average molecular weight is 458 g/mol. The van der Waals surface area contributed by atoms with Gasteiger partial charge in [-0.3, -0.25) is 14.4 Å². The Bertz CT molecular complexity index is 719. The molecule has 2 aromatic rings. The molecule has 2 rings (SSSR count). The van der Waals surface area contributed by atoms with Gasteiger partial charge >= 0.3 is 5.97 Å². The highest BCUT2D eigenvalue weighted by molar-refractivity contribution is 14.1. The second-order valence-electron chi connectivity index (χ2n) is 4.71. The first kappa shape index (κ1) is 18.4. The molecule has 0 aliphatic carbocycles. The lowest BCUT2D eigenvalue weighted by atomic mass is 10.3. The lowest BCUT2D eigenvalue weighted by Gasteiger charge is -2.08. The van der Waals surface area contributed by atoms with Gasteiger partial charge in [-0.25, -0.2) is 0 Å². The molecule has 126 valence electrons. The summed E-state index contributed by atoms with van der Waals surface area (Å²) in [5, 5.41) is 8.81. The van der Waals surface area contributed by atoms with E-state index in [2.05, 4.69) is 33.2 Å². The van der Waals surface area contributed by atoms with Gasteiger partial charge < -0.3 is 15.4 Å². The van der Waals surface area contributed by atoms with Gasteiger partial charge in [-0.2, -0.15) is 11.3 Å². The molecule has 24 heavy (non-hydrogen) atoms. The van der Waals surface area contributed by atoms with Crippen molar-refractivity contribution < 1.29 is 19.1 Å². The van der Waals surface area contributed by atoms with Crippen LogP contribution in [0.1, 0.15) is 16.8 Å². The van der Waals surface area contributed by atoms with E-state index in [9.17, 15) is 14.4 Å². The fourth-order valence-corrected chi connectivity index (χ4v) is 2.90. The zero-order valence-corrected chi connectivity index (χ0v) is 15.6. The molecule has 6 nitrogen and oxygen atoms in total. The number of thiophene rings is 1. The molecule has 0 atom stereocenters. The van der Waals surface area contributed by atoms with Crippen LogP contribution in [0.25, 0.3) is 0 Å². The van der Waals surface area contributed by atoms with E-state index >= 15 is 0 Å². The quantitative estimate of drug-likeness (QED) is 0.494. The molecule has 0 aliphatic heterocycles. The van der Waals surface area contributed by atoms with Crippen LogP contribution in [-0.2, 0) is 14.3 Å². The van der Waals surface area contributed by atoms with Gasteiger partial charge in [0, 0.05) is 21.1 Å². The van der Waals surface area contributed by atoms with Crippen molar-refractivity contribution in [2.45, 2.75) is 6.42 Å². The van der Waals surface area contributed by atoms with E-state index in [1.54, 1.807) is 29.0 Å². The van der Waals surface area contributed by atoms with E-state index in [1.807, 2.05) is 12.1 Å². The predicted octanol–water partition coefficient (Wildman–Crippen LogP) is 2.65. The minimum atomic E-state index is -0.543. The van der Waals surface area contributed by atoms with Gasteiger partial charge in [0.25, 0.3) is 11.8 Å². The monoisotopic (exact) mass is 458 g/mol. The maximum Gasteiger partial charge on any atom is 0.308 e. The van der Waals surface area contributed by atoms with Crippen LogP contribution in [0.4, 0.5) is 5.69 Å². The summed E-state index contributed by atoms with van der Waals surface area (Å²) in [4.78, 5) is 35.0. The number of amides is 2. The van der Waals surface area contributed by atoms with Crippen molar-refractivity contribution in [1.29, 1.82) is 0 Å². The van der Waals surface area contributed by atoms with Crippen LogP contribution in [-0.4, -0.2) is 30.9 Å². The molecule has 0 spiro atoms. The summed E-state index contributed by atoms with van der Waals surface area (Å²) in [6, 6.07) is 9.00. The van der Waals surface area contributed by atoms with Crippen molar-refractivity contribution in [3.63, 3.8) is 0 Å². The number of benzene rings is 1. The van der Waals surface area contributed by atoms with Crippen molar-refractivity contribution >= 4 is 57.4 Å². The number of carbonyl (C=O) groups excluding carboxylic acids is 3. The zero-order valence-electron chi connectivity index (χ0n) is 12.6. The molecule has 0 radical (unpaired) electrons. The Labute approximate surface area is 156 Å². The number of anilines is 1. The third-order valence-electron chi connectivity index (χ3n) is 2.91. The summed E-state index contributed by atoms with van der Waals surface area (Å²) < 4.78 is 5.78. The fourth-order valence-electron chi connectivity index (χ4n) is 1.74. The summed E-state index contributed by atoms with van der Waals surface area (Å²) in [5.41, 5.74) is 1.23. The second kappa shape index (κ2) is 9.38. The Morgan fingerprint density at radius 1 is 1.17 bits per heavy atom. The number of ether oxygens (including phenoxy) is 1. The fraction of sp³-hybridized carbons (Fsp3) is 0.188. The average Bonchev–Trinajstić information content (AvgIpc) is 3.09. The Balaban J connectivity index is 1.65. The lowest BCUT2D eigenvalue weighted by molar-refractivity contribution is -0.147. The molecular weight excluding hydrogens is 443 g/mol. The highest BCUT2D eigenvalue weighted by Crippen LogP contribution is 2.16. The molecule has 0 saturated heterocycles. The summed E-state index contributed by atoms with van der Waals surface area (Å²) in [6.07, 6.45) is 0.00598. The maximum atomic E-state index is 11.7. The van der Waals surface area contributed by atoms with Crippen LogP contribution < -0.4 is 10.6 Å². The first-order valence-corrected chi connectivity index (χ1v) is 9.09. The smallest absolute Gasteiger partial charge is 0.308 e. The summed E-state index contributed by atoms with van der Waals surface area (Å²) in [5.74, 6) is -1.19. The van der Waals surface area contributed by atoms with Crippen LogP contribution in [0.3, 0.4) is 0 Å². The van der Waals surface area contributed by atoms with Gasteiger partial charge in [-0.15, -0.1) is 0 Å². The maximum absolute atomic E-state index is 11.7. The third-order valence-corrected chi connectivity index (χ3v) is 4.53. The standard InChI is InChI=1S/C16H15IN2O4S/c17-12-3-1-2-4-13(12)19-14(20)9-23-15(21)5-7-18-16(22)11-6-8-24-10-11/h1-4,6,8,10H,5,7,9H2,(H,18,22)(H,19,20). The normalized spacial score (nSPS) is 10.0. The van der Waals surface area contributed by atoms with E-state index in [1.165, 1.54) is 11.3 Å². The number of nitrogens with one attached hydrogen (secondary N) is 2. The molecular formula is C16H15IN2O4S. The molecule has 2 N–H and O–H groups in total. The summed E-state index contributed by atoms with van der Waals surface area (Å²) >= 11 is 3.53. The van der Waals surface area contributed by atoms with Crippen LogP contribution in [0, 0.1) is 3.57 Å². The molecule has 0 bridgehead atoms. The SMILES string of the molecule is O=C(COC(=O)CCNC(=O)c1ccsc1)Nc1ccccc1I. The second-order valence-corrected chi connectivity index (χ2v) is 6.65. The Morgan fingerprint density at radius 3 is 2.67 bits per heavy atom. The van der Waals surface area contributed by atoms with Gasteiger partial charge in [-0.05, 0) is 46.2 Å². The van der Waals surface area contributed by atoms with Gasteiger partial charge in [0.2, 0.25) is 0 Å². The van der Waals surface area contributed by atoms with Crippen molar-refractivity contribution in [1.82, 2.24) is 5.32 Å². The Kier molecular flexibility index (Phi) is 7.19. The van der Waals surface area contributed by atoms with Crippen LogP contribution in [0.15, 0.2) is 41.1 Å². The molecule has 1 heterocycles. The van der Waals surface area contributed by atoms with Crippen LogP contribution in [0.2, 0.25) is 0 Å². The van der Waals surface area contributed by atoms with Gasteiger partial charge in [0.05, 0.1) is 12.1 Å². The number of para-hydroxylation sites is 1. The van der Waals surface area contributed by atoms with Crippen LogP contribution >= 0.6 is 33.9 Å². The number of hydrogen-bond acceptors (Lipinski definition) is 5. The molecule has 0 unspecified atom stereocenters. The van der Waals surface area contributed by atoms with Crippen molar-refractivity contribution in [3.05, 3.63) is 50.2 Å². The van der Waals surface area contributed by atoms with E-state index in [0.29, 0.717) is 11.3 Å². The van der Waals surface area contributed by atoms with E-state index < -0.39 is 11.9 Å². The number of esters is 1. The van der Waals surface area contributed by atoms with E-state index in [4.69, 9.17) is 4.74 Å². The molecule has 2 amide bonds. The van der Waals surface area contributed by atoms with Crippen LogP contribution in [0.5, 0.6) is 0 Å². The number of rotatable bonds is 7. The van der Waals surface area contributed by atoms with Gasteiger partial charge in [0.15, 0.2) is 6.61 Å².